The van der Waals surface area contributed by atoms with E-state index in [4.69, 9.17) is 0 Å². The molecular weight excluding hydrogens is 316 g/mol. The lowest BCUT2D eigenvalue weighted by Crippen LogP contribution is -2.25. The second kappa shape index (κ2) is 9.00. The summed E-state index contributed by atoms with van der Waals surface area (Å²) in [5.74, 6) is 0. The lowest BCUT2D eigenvalue weighted by molar-refractivity contribution is 0.488. The molecule has 0 N–H and O–H groups in total. The third-order valence-corrected chi connectivity index (χ3v) is 5.46. The first-order valence-electron chi connectivity index (χ1n) is 7.57. The summed E-state index contributed by atoms with van der Waals surface area (Å²) in [7, 11) is 3.21. The van der Waals surface area contributed by atoms with Crippen molar-refractivity contribution in [3.8, 4) is 12.1 Å². The quantitative estimate of drug-likeness (QED) is 0.757. The van der Waals surface area contributed by atoms with Crippen molar-refractivity contribution in [1.82, 2.24) is 8.61 Å². The van der Waals surface area contributed by atoms with Gasteiger partial charge in [0.25, 0.3) is 0 Å². The maximum atomic E-state index is 9.37. The molecule has 0 aliphatic heterocycles. The summed E-state index contributed by atoms with van der Waals surface area (Å²) in [6.07, 6.45) is 0. The highest BCUT2D eigenvalue weighted by atomic mass is 32.2. The maximum Gasteiger partial charge on any atom is 0.181 e. The fraction of sp³-hybridized carbons (Fsp3) is 0.211. The minimum Gasteiger partial charge on any atom is -0.241 e. The third-order valence-electron chi connectivity index (χ3n) is 3.47. The number of hydrogen-bond acceptors (Lipinski definition) is 4. The molecule has 0 heterocycles. The summed E-state index contributed by atoms with van der Waals surface area (Å²) in [6, 6.07) is 24.3. The van der Waals surface area contributed by atoms with Crippen molar-refractivity contribution < 1.29 is 0 Å². The molecule has 122 valence electrons. The SMILES string of the molecule is CN(Cc1ccccc1)S(=C(C#N)C#N)N(C)Cc1ccccc1. The maximum absolute atomic E-state index is 9.37. The van der Waals surface area contributed by atoms with E-state index < -0.39 is 10.9 Å². The van der Waals surface area contributed by atoms with Crippen molar-refractivity contribution in [2.24, 2.45) is 0 Å². The van der Waals surface area contributed by atoms with Crippen LogP contribution < -0.4 is 0 Å². The van der Waals surface area contributed by atoms with E-state index in [0.717, 1.165) is 11.1 Å². The topological polar surface area (TPSA) is 54.1 Å². The molecule has 5 heteroatoms. The van der Waals surface area contributed by atoms with Gasteiger partial charge in [0.05, 0.1) is 0 Å². The molecule has 0 spiro atoms. The molecular formula is C19H20N4S. The first kappa shape index (κ1) is 17.9. The molecule has 0 unspecified atom stereocenters. The van der Waals surface area contributed by atoms with E-state index >= 15 is 0 Å². The van der Waals surface area contributed by atoms with Crippen molar-refractivity contribution in [2.45, 2.75) is 13.1 Å². The predicted octanol–water partition coefficient (Wildman–Crippen LogP) is 3.57. The van der Waals surface area contributed by atoms with Crippen LogP contribution in [0.25, 0.3) is 0 Å². The smallest absolute Gasteiger partial charge is 0.181 e. The summed E-state index contributed by atoms with van der Waals surface area (Å²) in [6.45, 7) is 1.35. The summed E-state index contributed by atoms with van der Waals surface area (Å²) >= 11 is 0. The normalized spacial score (nSPS) is 10.6. The van der Waals surface area contributed by atoms with E-state index in [2.05, 4.69) is 20.7 Å². The Hall–Kier alpha value is -2.44. The van der Waals surface area contributed by atoms with Gasteiger partial charge in [0, 0.05) is 13.1 Å². The molecule has 4 nitrogen and oxygen atoms in total. The van der Waals surface area contributed by atoms with E-state index in [-0.39, 0.29) is 4.86 Å². The van der Waals surface area contributed by atoms with Crippen molar-refractivity contribution >= 4 is 15.7 Å². The molecule has 24 heavy (non-hydrogen) atoms. The largest absolute Gasteiger partial charge is 0.241 e. The minimum absolute atomic E-state index is 0.229. The first-order valence-corrected chi connectivity index (χ1v) is 8.71. The average Bonchev–Trinajstić information content (AvgIpc) is 2.61. The standard InChI is InChI=1S/C19H20N4S/c1-22(15-17-9-5-3-6-10-17)24(19(13-20)14-21)23(2)16-18-11-7-4-8-12-18/h3-12H,15-16H2,1-2H3. The van der Waals surface area contributed by atoms with Gasteiger partial charge in [0.15, 0.2) is 4.86 Å². The van der Waals surface area contributed by atoms with E-state index in [0.29, 0.717) is 13.1 Å². The highest BCUT2D eigenvalue weighted by molar-refractivity contribution is 8.12. The van der Waals surface area contributed by atoms with Crippen LogP contribution in [0.3, 0.4) is 0 Å². The van der Waals surface area contributed by atoms with Gasteiger partial charge in [-0.3, -0.25) is 0 Å². The molecule has 0 saturated heterocycles. The van der Waals surface area contributed by atoms with Crippen LogP contribution >= 0.6 is 10.9 Å². The molecule has 0 atom stereocenters. The number of benzene rings is 2. The second-order valence-corrected chi connectivity index (χ2v) is 7.54. The molecule has 0 bridgehead atoms. The Labute approximate surface area is 146 Å². The molecule has 0 saturated carbocycles. The van der Waals surface area contributed by atoms with Crippen LogP contribution in [0.4, 0.5) is 0 Å². The average molecular weight is 336 g/mol. The zero-order valence-electron chi connectivity index (χ0n) is 13.9. The summed E-state index contributed by atoms with van der Waals surface area (Å²) < 4.78 is 4.11. The Kier molecular flexibility index (Phi) is 6.72. The van der Waals surface area contributed by atoms with Gasteiger partial charge in [-0.15, -0.1) is 0 Å². The van der Waals surface area contributed by atoms with Crippen LogP contribution in [-0.2, 0) is 13.1 Å². The van der Waals surface area contributed by atoms with Gasteiger partial charge in [-0.25, -0.2) is 8.61 Å². The van der Waals surface area contributed by atoms with Crippen LogP contribution in [0.2, 0.25) is 0 Å². The van der Waals surface area contributed by atoms with Crippen molar-refractivity contribution in [1.29, 1.82) is 10.5 Å². The molecule has 2 aromatic rings. The lowest BCUT2D eigenvalue weighted by atomic mass is 10.2. The molecule has 0 aliphatic carbocycles. The summed E-state index contributed by atoms with van der Waals surface area (Å²) in [4.78, 5) is 0.229. The monoisotopic (exact) mass is 336 g/mol. The Morgan fingerprint density at radius 3 is 1.50 bits per heavy atom. The fourth-order valence-corrected chi connectivity index (χ4v) is 4.26. The van der Waals surface area contributed by atoms with E-state index in [1.807, 2.05) is 74.8 Å². The van der Waals surface area contributed by atoms with Gasteiger partial charge in [-0.1, -0.05) is 60.7 Å². The van der Waals surface area contributed by atoms with Gasteiger partial charge >= 0.3 is 0 Å². The Morgan fingerprint density at radius 1 is 0.792 bits per heavy atom. The molecule has 0 amide bonds. The third kappa shape index (κ3) is 4.78. The van der Waals surface area contributed by atoms with Crippen molar-refractivity contribution in [2.75, 3.05) is 14.1 Å². The Morgan fingerprint density at radius 2 is 1.17 bits per heavy atom. The summed E-state index contributed by atoms with van der Waals surface area (Å²) in [5.41, 5.74) is 2.31. The van der Waals surface area contributed by atoms with Crippen LogP contribution in [-0.4, -0.2) is 27.6 Å². The van der Waals surface area contributed by atoms with E-state index in [1.165, 1.54) is 0 Å². The molecule has 0 aromatic heterocycles. The van der Waals surface area contributed by atoms with E-state index in [9.17, 15) is 10.5 Å². The molecule has 0 radical (unpaired) electrons. The van der Waals surface area contributed by atoms with Crippen molar-refractivity contribution in [3.63, 3.8) is 0 Å². The second-order valence-electron chi connectivity index (χ2n) is 5.36. The van der Waals surface area contributed by atoms with Crippen molar-refractivity contribution in [3.05, 3.63) is 71.8 Å². The number of nitrogens with zero attached hydrogens (tertiary/aromatic N) is 4. The zero-order valence-corrected chi connectivity index (χ0v) is 14.7. The lowest BCUT2D eigenvalue weighted by Gasteiger charge is -2.29. The van der Waals surface area contributed by atoms with Gasteiger partial charge in [0.1, 0.15) is 12.1 Å². The van der Waals surface area contributed by atoms with Crippen LogP contribution in [0.15, 0.2) is 60.7 Å². The van der Waals surface area contributed by atoms with Gasteiger partial charge in [-0.05, 0) is 36.1 Å². The Balaban J connectivity index is 2.27. The number of hydrogen-bond donors (Lipinski definition) is 0. The first-order chi connectivity index (χ1) is 11.7. The predicted molar refractivity (Wildman–Crippen MR) is 99.6 cm³/mol. The van der Waals surface area contributed by atoms with E-state index in [1.54, 1.807) is 0 Å². The molecule has 0 aliphatic rings. The van der Waals surface area contributed by atoms with Crippen LogP contribution in [0, 0.1) is 22.7 Å². The van der Waals surface area contributed by atoms with Gasteiger partial charge in [0.2, 0.25) is 0 Å². The fourth-order valence-electron chi connectivity index (χ4n) is 2.46. The van der Waals surface area contributed by atoms with Crippen LogP contribution in [0.1, 0.15) is 11.1 Å². The highest BCUT2D eigenvalue weighted by Crippen LogP contribution is 2.27. The Bertz CT molecular complexity index is 707. The molecule has 2 rings (SSSR count). The zero-order chi connectivity index (χ0) is 17.4. The van der Waals surface area contributed by atoms with Gasteiger partial charge < -0.3 is 0 Å². The number of nitriles is 2. The highest BCUT2D eigenvalue weighted by Gasteiger charge is 2.17. The van der Waals surface area contributed by atoms with Crippen LogP contribution in [0.5, 0.6) is 0 Å². The number of rotatable bonds is 6. The minimum atomic E-state index is -0.692. The molecule has 2 aromatic carbocycles. The van der Waals surface area contributed by atoms with Gasteiger partial charge in [-0.2, -0.15) is 10.5 Å². The summed E-state index contributed by atoms with van der Waals surface area (Å²) in [5, 5.41) is 18.7. The molecule has 0 fully saturated rings.